The van der Waals surface area contributed by atoms with Gasteiger partial charge in [0.05, 0.1) is 13.2 Å². The summed E-state index contributed by atoms with van der Waals surface area (Å²) >= 11 is 0. The normalized spacial score (nSPS) is 11.7. The number of rotatable bonds is 5. The van der Waals surface area contributed by atoms with Gasteiger partial charge in [-0.25, -0.2) is 9.18 Å². The SMILES string of the molecule is COc1ccc(CN(C)C(=O)NC(C)c2ccncc2)cc1F. The molecule has 0 aliphatic rings. The maximum atomic E-state index is 13.7. The Labute approximate surface area is 135 Å². The van der Waals surface area contributed by atoms with Crippen LogP contribution in [-0.2, 0) is 6.54 Å². The Bertz CT molecular complexity index is 664. The van der Waals surface area contributed by atoms with E-state index in [-0.39, 0.29) is 17.8 Å². The second-order valence-corrected chi connectivity index (χ2v) is 5.28. The van der Waals surface area contributed by atoms with Crippen molar-refractivity contribution in [2.24, 2.45) is 0 Å². The summed E-state index contributed by atoms with van der Waals surface area (Å²) in [7, 11) is 3.08. The summed E-state index contributed by atoms with van der Waals surface area (Å²) in [6.45, 7) is 2.20. The zero-order valence-corrected chi connectivity index (χ0v) is 13.4. The molecule has 0 radical (unpaired) electrons. The van der Waals surface area contributed by atoms with Crippen molar-refractivity contribution in [1.29, 1.82) is 0 Å². The molecule has 2 aromatic rings. The van der Waals surface area contributed by atoms with Gasteiger partial charge in [0.25, 0.3) is 0 Å². The third kappa shape index (κ3) is 4.42. The largest absolute Gasteiger partial charge is 0.494 e. The van der Waals surface area contributed by atoms with Gasteiger partial charge in [0.1, 0.15) is 0 Å². The summed E-state index contributed by atoms with van der Waals surface area (Å²) in [5, 5.41) is 2.89. The highest BCUT2D eigenvalue weighted by Gasteiger charge is 2.14. The summed E-state index contributed by atoms with van der Waals surface area (Å²) in [6, 6.07) is 7.99. The Kier molecular flexibility index (Phi) is 5.51. The average Bonchev–Trinajstić information content (AvgIpc) is 2.55. The number of carbonyl (C=O) groups excluding carboxylic acids is 1. The fourth-order valence-corrected chi connectivity index (χ4v) is 2.18. The van der Waals surface area contributed by atoms with E-state index in [4.69, 9.17) is 4.74 Å². The van der Waals surface area contributed by atoms with Crippen LogP contribution in [0.2, 0.25) is 0 Å². The number of carbonyl (C=O) groups is 1. The van der Waals surface area contributed by atoms with Crippen LogP contribution >= 0.6 is 0 Å². The van der Waals surface area contributed by atoms with Crippen LogP contribution in [0, 0.1) is 5.82 Å². The minimum Gasteiger partial charge on any atom is -0.494 e. The van der Waals surface area contributed by atoms with E-state index in [9.17, 15) is 9.18 Å². The third-order valence-electron chi connectivity index (χ3n) is 3.53. The van der Waals surface area contributed by atoms with Crippen LogP contribution in [0.25, 0.3) is 0 Å². The average molecular weight is 317 g/mol. The Morgan fingerprint density at radius 2 is 2.04 bits per heavy atom. The van der Waals surface area contributed by atoms with E-state index in [1.165, 1.54) is 18.1 Å². The van der Waals surface area contributed by atoms with Gasteiger partial charge >= 0.3 is 6.03 Å². The van der Waals surface area contributed by atoms with Crippen molar-refractivity contribution in [1.82, 2.24) is 15.2 Å². The predicted octanol–water partition coefficient (Wildman–Crippen LogP) is 3.13. The van der Waals surface area contributed by atoms with Crippen molar-refractivity contribution in [3.8, 4) is 5.75 Å². The minimum atomic E-state index is -0.441. The molecule has 1 heterocycles. The Morgan fingerprint density at radius 3 is 2.65 bits per heavy atom. The molecule has 1 aromatic heterocycles. The number of ether oxygens (including phenoxy) is 1. The van der Waals surface area contributed by atoms with E-state index in [0.29, 0.717) is 12.1 Å². The van der Waals surface area contributed by atoms with Crippen LogP contribution in [0.4, 0.5) is 9.18 Å². The van der Waals surface area contributed by atoms with Crippen LogP contribution < -0.4 is 10.1 Å². The van der Waals surface area contributed by atoms with Crippen LogP contribution in [0.15, 0.2) is 42.7 Å². The maximum Gasteiger partial charge on any atom is 0.317 e. The second-order valence-electron chi connectivity index (χ2n) is 5.28. The molecule has 0 saturated heterocycles. The summed E-state index contributed by atoms with van der Waals surface area (Å²) in [4.78, 5) is 17.7. The number of urea groups is 1. The fourth-order valence-electron chi connectivity index (χ4n) is 2.18. The molecule has 6 heteroatoms. The first-order valence-electron chi connectivity index (χ1n) is 7.25. The summed E-state index contributed by atoms with van der Waals surface area (Å²) in [6.07, 6.45) is 3.36. The number of methoxy groups -OCH3 is 1. The zero-order chi connectivity index (χ0) is 16.8. The van der Waals surface area contributed by atoms with E-state index < -0.39 is 5.82 Å². The summed E-state index contributed by atoms with van der Waals surface area (Å²) in [5.74, 6) is -0.254. The highest BCUT2D eigenvalue weighted by atomic mass is 19.1. The van der Waals surface area contributed by atoms with Gasteiger partial charge in [-0.15, -0.1) is 0 Å². The molecular weight excluding hydrogens is 297 g/mol. The van der Waals surface area contributed by atoms with Crippen molar-refractivity contribution < 1.29 is 13.9 Å². The third-order valence-corrected chi connectivity index (χ3v) is 3.53. The minimum absolute atomic E-state index is 0.138. The predicted molar refractivity (Wildman–Crippen MR) is 85.6 cm³/mol. The lowest BCUT2D eigenvalue weighted by Crippen LogP contribution is -2.38. The van der Waals surface area contributed by atoms with Gasteiger partial charge in [0.15, 0.2) is 11.6 Å². The van der Waals surface area contributed by atoms with Crippen molar-refractivity contribution in [2.45, 2.75) is 19.5 Å². The van der Waals surface area contributed by atoms with Crippen molar-refractivity contribution in [2.75, 3.05) is 14.2 Å². The standard InChI is InChI=1S/C17H20FN3O2/c1-12(14-6-8-19-9-7-14)20-17(22)21(2)11-13-4-5-16(23-3)15(18)10-13/h4-10,12H,11H2,1-3H3,(H,20,22). The molecule has 0 aliphatic heterocycles. The lowest BCUT2D eigenvalue weighted by molar-refractivity contribution is 0.203. The number of benzene rings is 1. The first kappa shape index (κ1) is 16.7. The number of amides is 2. The quantitative estimate of drug-likeness (QED) is 0.922. The molecule has 5 nitrogen and oxygen atoms in total. The van der Waals surface area contributed by atoms with Gasteiger partial charge in [-0.1, -0.05) is 6.07 Å². The van der Waals surface area contributed by atoms with Crippen molar-refractivity contribution in [3.05, 3.63) is 59.7 Å². The molecule has 122 valence electrons. The van der Waals surface area contributed by atoms with E-state index >= 15 is 0 Å². The molecule has 2 rings (SSSR count). The maximum absolute atomic E-state index is 13.7. The van der Waals surface area contributed by atoms with Crippen LogP contribution in [0.1, 0.15) is 24.1 Å². The van der Waals surface area contributed by atoms with E-state index in [2.05, 4.69) is 10.3 Å². The number of halogens is 1. The highest BCUT2D eigenvalue weighted by Crippen LogP contribution is 2.18. The van der Waals surface area contributed by atoms with Gasteiger partial charge in [0, 0.05) is 26.0 Å². The molecule has 0 saturated carbocycles. The van der Waals surface area contributed by atoms with Crippen LogP contribution in [0.5, 0.6) is 5.75 Å². The number of pyridine rings is 1. The number of nitrogens with one attached hydrogen (secondary N) is 1. The smallest absolute Gasteiger partial charge is 0.317 e. The zero-order valence-electron chi connectivity index (χ0n) is 13.4. The molecule has 0 spiro atoms. The van der Waals surface area contributed by atoms with Crippen LogP contribution in [0.3, 0.4) is 0 Å². The lowest BCUT2D eigenvalue weighted by atomic mass is 10.1. The summed E-state index contributed by atoms with van der Waals surface area (Å²) in [5.41, 5.74) is 1.66. The van der Waals surface area contributed by atoms with Gasteiger partial charge in [0.2, 0.25) is 0 Å². The van der Waals surface area contributed by atoms with Gasteiger partial charge in [-0.2, -0.15) is 0 Å². The number of hydrogen-bond donors (Lipinski definition) is 1. The molecular formula is C17H20FN3O2. The Morgan fingerprint density at radius 1 is 1.35 bits per heavy atom. The van der Waals surface area contributed by atoms with E-state index in [1.807, 2.05) is 19.1 Å². The molecule has 1 unspecified atom stereocenters. The molecule has 1 aromatic carbocycles. The van der Waals surface area contributed by atoms with E-state index in [1.54, 1.807) is 31.6 Å². The number of nitrogens with zero attached hydrogens (tertiary/aromatic N) is 2. The molecule has 2 amide bonds. The molecule has 1 N–H and O–H groups in total. The molecule has 23 heavy (non-hydrogen) atoms. The number of aromatic nitrogens is 1. The van der Waals surface area contributed by atoms with E-state index in [0.717, 1.165) is 5.56 Å². The fraction of sp³-hybridized carbons (Fsp3) is 0.294. The van der Waals surface area contributed by atoms with Gasteiger partial charge in [-0.3, -0.25) is 4.98 Å². The highest BCUT2D eigenvalue weighted by molar-refractivity contribution is 5.74. The van der Waals surface area contributed by atoms with Crippen LogP contribution in [-0.4, -0.2) is 30.1 Å². The first-order valence-corrected chi connectivity index (χ1v) is 7.25. The number of hydrogen-bond acceptors (Lipinski definition) is 3. The molecule has 0 bridgehead atoms. The Balaban J connectivity index is 1.96. The molecule has 0 aliphatic carbocycles. The van der Waals surface area contributed by atoms with Crippen molar-refractivity contribution in [3.63, 3.8) is 0 Å². The lowest BCUT2D eigenvalue weighted by Gasteiger charge is -2.21. The first-order chi connectivity index (χ1) is 11.0. The van der Waals surface area contributed by atoms with Crippen molar-refractivity contribution >= 4 is 6.03 Å². The molecule has 0 fully saturated rings. The second kappa shape index (κ2) is 7.58. The topological polar surface area (TPSA) is 54.5 Å². The summed E-state index contributed by atoms with van der Waals surface area (Å²) < 4.78 is 18.6. The van der Waals surface area contributed by atoms with Gasteiger partial charge < -0.3 is 15.0 Å². The monoisotopic (exact) mass is 317 g/mol. The Hall–Kier alpha value is -2.63. The molecule has 1 atom stereocenters. The van der Waals surface area contributed by atoms with Gasteiger partial charge in [-0.05, 0) is 42.3 Å².